The largest absolute Gasteiger partial charge is 0.462 e. The zero-order valence-electron chi connectivity index (χ0n) is 12.4. The van der Waals surface area contributed by atoms with Crippen LogP contribution in [0.25, 0.3) is 0 Å². The molecule has 0 aromatic carbocycles. The summed E-state index contributed by atoms with van der Waals surface area (Å²) in [6, 6.07) is 0. The number of ether oxygens (including phenoxy) is 1. The topological polar surface area (TPSA) is 78.5 Å². The molecule has 1 rings (SSSR count). The van der Waals surface area contributed by atoms with E-state index in [2.05, 4.69) is 27.4 Å². The lowest BCUT2D eigenvalue weighted by molar-refractivity contribution is 0.0525. The Balaban J connectivity index is 2.76. The van der Waals surface area contributed by atoms with Crippen LogP contribution in [0.1, 0.15) is 34.2 Å². The van der Waals surface area contributed by atoms with E-state index in [0.717, 1.165) is 17.0 Å². The molecule has 114 valence electrons. The van der Waals surface area contributed by atoms with Crippen LogP contribution in [0.4, 0.5) is 0 Å². The van der Waals surface area contributed by atoms with Gasteiger partial charge in [-0.2, -0.15) is 5.10 Å². The highest BCUT2D eigenvalue weighted by atomic mass is 32.1. The van der Waals surface area contributed by atoms with Gasteiger partial charge in [-0.3, -0.25) is 5.43 Å². The second kappa shape index (κ2) is 8.21. The minimum atomic E-state index is -0.334. The highest BCUT2D eigenvalue weighted by molar-refractivity contribution is 7.80. The smallest absolute Gasteiger partial charge is 0.340 e. The third-order valence-electron chi connectivity index (χ3n) is 2.72. The fraction of sp³-hybridized carbons (Fsp3) is 0.357. The monoisotopic (exact) mass is 308 g/mol. The van der Waals surface area contributed by atoms with Crippen LogP contribution in [0, 0.1) is 13.8 Å². The van der Waals surface area contributed by atoms with Crippen molar-refractivity contribution in [3.63, 3.8) is 0 Å². The summed E-state index contributed by atoms with van der Waals surface area (Å²) in [5, 5.41) is 7.31. The van der Waals surface area contributed by atoms with Gasteiger partial charge in [-0.1, -0.05) is 6.08 Å². The number of esters is 1. The molecule has 0 aliphatic heterocycles. The van der Waals surface area contributed by atoms with Gasteiger partial charge in [0, 0.05) is 12.2 Å². The molecule has 0 unspecified atom stereocenters. The van der Waals surface area contributed by atoms with E-state index in [1.54, 1.807) is 19.2 Å². The molecule has 0 bridgehead atoms. The van der Waals surface area contributed by atoms with Crippen LogP contribution < -0.4 is 10.7 Å². The number of hydrazone groups is 1. The number of aryl methyl sites for hydroxylation is 1. The number of nitrogens with zero attached hydrogens (tertiary/aromatic N) is 1. The lowest BCUT2D eigenvalue weighted by Crippen LogP contribution is -2.31. The van der Waals surface area contributed by atoms with E-state index >= 15 is 0 Å². The van der Waals surface area contributed by atoms with Gasteiger partial charge in [0.15, 0.2) is 5.11 Å². The molecule has 21 heavy (non-hydrogen) atoms. The first-order chi connectivity index (χ1) is 10.0. The SMILES string of the molecule is C=CCNC(=S)N/N=C/c1[nH]c(C)c(C(=O)OCC)c1C. The Morgan fingerprint density at radius 2 is 2.24 bits per heavy atom. The second-order valence-electron chi connectivity index (χ2n) is 4.25. The van der Waals surface area contributed by atoms with Crippen LogP contribution >= 0.6 is 12.2 Å². The summed E-state index contributed by atoms with van der Waals surface area (Å²) in [7, 11) is 0. The second-order valence-corrected chi connectivity index (χ2v) is 4.66. The summed E-state index contributed by atoms with van der Waals surface area (Å²) in [6.07, 6.45) is 3.27. The van der Waals surface area contributed by atoms with Gasteiger partial charge < -0.3 is 15.0 Å². The Bertz CT molecular complexity index is 564. The maximum atomic E-state index is 11.9. The summed E-state index contributed by atoms with van der Waals surface area (Å²) in [6.45, 7) is 9.92. The predicted molar refractivity (Wildman–Crippen MR) is 87.8 cm³/mol. The first kappa shape index (κ1) is 16.9. The van der Waals surface area contributed by atoms with Gasteiger partial charge in [0.05, 0.1) is 24.1 Å². The minimum Gasteiger partial charge on any atom is -0.462 e. The Hall–Kier alpha value is -2.15. The average Bonchev–Trinajstić information content (AvgIpc) is 2.71. The molecule has 6 nitrogen and oxygen atoms in total. The standard InChI is InChI=1S/C14H20N4O2S/c1-5-7-15-14(21)18-16-8-11-9(3)12(10(4)17-11)13(19)20-6-2/h5,8,17H,1,6-7H2,2-4H3,(H2,15,18,21)/b16-8+. The van der Waals surface area contributed by atoms with Crippen molar-refractivity contribution in [2.75, 3.05) is 13.2 Å². The van der Waals surface area contributed by atoms with Crippen molar-refractivity contribution in [1.82, 2.24) is 15.7 Å². The molecule has 3 N–H and O–H groups in total. The number of aromatic nitrogens is 1. The number of hydrogen-bond acceptors (Lipinski definition) is 4. The van der Waals surface area contributed by atoms with Crippen LogP contribution in [0.2, 0.25) is 0 Å². The van der Waals surface area contributed by atoms with Gasteiger partial charge in [0.2, 0.25) is 0 Å². The Morgan fingerprint density at radius 3 is 2.86 bits per heavy atom. The normalized spacial score (nSPS) is 10.4. The van der Waals surface area contributed by atoms with Gasteiger partial charge in [0.1, 0.15) is 0 Å². The maximum Gasteiger partial charge on any atom is 0.340 e. The summed E-state index contributed by atoms with van der Waals surface area (Å²) < 4.78 is 5.03. The van der Waals surface area contributed by atoms with E-state index in [-0.39, 0.29) is 5.97 Å². The average molecular weight is 308 g/mol. The van der Waals surface area contributed by atoms with E-state index in [4.69, 9.17) is 17.0 Å². The zero-order valence-corrected chi connectivity index (χ0v) is 13.3. The van der Waals surface area contributed by atoms with Crippen molar-refractivity contribution >= 4 is 29.5 Å². The predicted octanol–water partition coefficient (Wildman–Crippen LogP) is 1.79. The highest BCUT2D eigenvalue weighted by Crippen LogP contribution is 2.17. The van der Waals surface area contributed by atoms with Crippen molar-refractivity contribution in [3.05, 3.63) is 35.2 Å². The summed E-state index contributed by atoms with van der Waals surface area (Å²) in [5.41, 5.74) is 5.50. The maximum absolute atomic E-state index is 11.9. The van der Waals surface area contributed by atoms with Crippen molar-refractivity contribution in [3.8, 4) is 0 Å². The first-order valence-electron chi connectivity index (χ1n) is 6.55. The third-order valence-corrected chi connectivity index (χ3v) is 2.96. The third kappa shape index (κ3) is 4.71. The fourth-order valence-electron chi connectivity index (χ4n) is 1.77. The Morgan fingerprint density at radius 1 is 1.52 bits per heavy atom. The molecule has 0 atom stereocenters. The lowest BCUT2D eigenvalue weighted by Gasteiger charge is -2.03. The molecule has 1 aromatic heterocycles. The number of thiocarbonyl (C=S) groups is 1. The minimum absolute atomic E-state index is 0.334. The number of rotatable bonds is 6. The molecule has 0 aliphatic carbocycles. The van der Waals surface area contributed by atoms with E-state index < -0.39 is 0 Å². The number of aromatic amines is 1. The van der Waals surface area contributed by atoms with Crippen LogP contribution in [0.5, 0.6) is 0 Å². The molecule has 0 fully saturated rings. The van der Waals surface area contributed by atoms with E-state index in [9.17, 15) is 4.79 Å². The number of hydrogen-bond donors (Lipinski definition) is 3. The van der Waals surface area contributed by atoms with Crippen molar-refractivity contribution < 1.29 is 9.53 Å². The Kier molecular flexibility index (Phi) is 6.61. The molecule has 7 heteroatoms. The number of carbonyl (C=O) groups is 1. The molecular formula is C14H20N4O2S. The van der Waals surface area contributed by atoms with Gasteiger partial charge in [-0.25, -0.2) is 4.79 Å². The van der Waals surface area contributed by atoms with Gasteiger partial charge >= 0.3 is 5.97 Å². The molecule has 0 radical (unpaired) electrons. The number of nitrogens with one attached hydrogen (secondary N) is 3. The van der Waals surface area contributed by atoms with Crippen LogP contribution in [-0.4, -0.2) is 35.4 Å². The van der Waals surface area contributed by atoms with Crippen molar-refractivity contribution in [1.29, 1.82) is 0 Å². The molecule has 1 aromatic rings. The summed E-state index contributed by atoms with van der Waals surface area (Å²) in [5.74, 6) is -0.334. The van der Waals surface area contributed by atoms with Crippen LogP contribution in [0.3, 0.4) is 0 Å². The van der Waals surface area contributed by atoms with Gasteiger partial charge in [0.25, 0.3) is 0 Å². The quantitative estimate of drug-likeness (QED) is 0.245. The van der Waals surface area contributed by atoms with Crippen LogP contribution in [-0.2, 0) is 4.74 Å². The lowest BCUT2D eigenvalue weighted by atomic mass is 10.1. The van der Waals surface area contributed by atoms with Gasteiger partial charge in [-0.15, -0.1) is 6.58 Å². The van der Waals surface area contributed by atoms with E-state index in [1.807, 2.05) is 13.8 Å². The van der Waals surface area contributed by atoms with E-state index in [1.165, 1.54) is 0 Å². The molecule has 0 amide bonds. The molecular weight excluding hydrogens is 288 g/mol. The molecule has 0 saturated carbocycles. The first-order valence-corrected chi connectivity index (χ1v) is 6.96. The van der Waals surface area contributed by atoms with Gasteiger partial charge in [-0.05, 0) is 38.6 Å². The zero-order chi connectivity index (χ0) is 15.8. The molecule has 0 spiro atoms. The fourth-order valence-corrected chi connectivity index (χ4v) is 1.91. The summed E-state index contributed by atoms with van der Waals surface area (Å²) in [4.78, 5) is 15.0. The number of H-pyrrole nitrogens is 1. The molecule has 0 aliphatic rings. The molecule has 1 heterocycles. The summed E-state index contributed by atoms with van der Waals surface area (Å²) >= 11 is 5.01. The highest BCUT2D eigenvalue weighted by Gasteiger charge is 2.18. The van der Waals surface area contributed by atoms with Crippen molar-refractivity contribution in [2.24, 2.45) is 5.10 Å². The van der Waals surface area contributed by atoms with Crippen LogP contribution in [0.15, 0.2) is 17.8 Å². The van der Waals surface area contributed by atoms with Crippen molar-refractivity contribution in [2.45, 2.75) is 20.8 Å². The number of carbonyl (C=O) groups excluding carboxylic acids is 1. The Labute approximate surface area is 129 Å². The van der Waals surface area contributed by atoms with E-state index in [0.29, 0.717) is 23.8 Å². The molecule has 0 saturated heterocycles.